The minimum Gasteiger partial charge on any atom is -0.457 e. The van der Waals surface area contributed by atoms with Crippen LogP contribution in [-0.4, -0.2) is 33.2 Å². The number of carbonyl (C=O) groups is 1. The Morgan fingerprint density at radius 3 is 2.28 bits per heavy atom. The first-order valence-corrected chi connectivity index (χ1v) is 16.7. The van der Waals surface area contributed by atoms with Crippen molar-refractivity contribution in [3.8, 4) is 11.5 Å². The molecule has 1 saturated heterocycles. The van der Waals surface area contributed by atoms with E-state index in [1.54, 1.807) is 35.2 Å². The molecular weight excluding hydrogens is 621 g/mol. The van der Waals surface area contributed by atoms with Gasteiger partial charge in [0.1, 0.15) is 16.5 Å². The van der Waals surface area contributed by atoms with Crippen molar-refractivity contribution in [1.29, 1.82) is 0 Å². The zero-order valence-corrected chi connectivity index (χ0v) is 26.8. The molecule has 2 amide bonds. The maximum Gasteiger partial charge on any atom is 0.319 e. The molecule has 0 spiro atoms. The highest BCUT2D eigenvalue weighted by Crippen LogP contribution is 2.39. The standard InChI is InChI=1S/C35H34N4O5S2/c1-23-38-39-35(46-23)45-22-31-19-32(26-11-9-25(21-40)10-12-26)44-33(43-31)27-13-7-24(8-14-27)20-36-34(41)37-28-15-17-30(18-16-28)42-29-5-3-2-4-6-29/h2-18,31-33,40H,19-22H2,1H3,(H2,36,37,41)/t31-,32+,33+/m0/s1. The second-order valence-corrected chi connectivity index (χ2v) is 13.2. The molecule has 3 N–H and O–H groups in total. The van der Waals surface area contributed by atoms with Crippen LogP contribution in [0.5, 0.6) is 11.5 Å². The summed E-state index contributed by atoms with van der Waals surface area (Å²) in [6.07, 6.45) is -0.103. The molecule has 0 aliphatic carbocycles. The first-order chi connectivity index (χ1) is 22.5. The summed E-state index contributed by atoms with van der Waals surface area (Å²) in [5.74, 6) is 2.16. The molecule has 46 heavy (non-hydrogen) atoms. The van der Waals surface area contributed by atoms with E-state index in [0.29, 0.717) is 24.4 Å². The molecule has 1 aliphatic heterocycles. The summed E-state index contributed by atoms with van der Waals surface area (Å²) in [5.41, 5.74) is 4.39. The summed E-state index contributed by atoms with van der Waals surface area (Å²) in [4.78, 5) is 12.6. The second-order valence-electron chi connectivity index (χ2n) is 10.7. The van der Waals surface area contributed by atoms with Gasteiger partial charge in [0, 0.05) is 30.0 Å². The molecule has 5 aromatic rings. The van der Waals surface area contributed by atoms with Crippen molar-refractivity contribution in [2.75, 3.05) is 11.1 Å². The van der Waals surface area contributed by atoms with Gasteiger partial charge in [-0.1, -0.05) is 89.8 Å². The summed E-state index contributed by atoms with van der Waals surface area (Å²) >= 11 is 3.21. The first kappa shape index (κ1) is 31.7. The number of nitrogens with one attached hydrogen (secondary N) is 2. The zero-order chi connectivity index (χ0) is 31.7. The van der Waals surface area contributed by atoms with E-state index in [1.165, 1.54) is 0 Å². The van der Waals surface area contributed by atoms with Crippen LogP contribution < -0.4 is 15.4 Å². The Hall–Kier alpha value is -4.26. The lowest BCUT2D eigenvalue weighted by molar-refractivity contribution is -0.245. The Balaban J connectivity index is 1.04. The van der Waals surface area contributed by atoms with Crippen molar-refractivity contribution < 1.29 is 24.1 Å². The van der Waals surface area contributed by atoms with E-state index >= 15 is 0 Å². The molecule has 6 rings (SSSR count). The smallest absolute Gasteiger partial charge is 0.319 e. The monoisotopic (exact) mass is 654 g/mol. The number of hydrogen-bond acceptors (Lipinski definition) is 9. The summed E-state index contributed by atoms with van der Waals surface area (Å²) in [6, 6.07) is 32.2. The van der Waals surface area contributed by atoms with Crippen molar-refractivity contribution in [1.82, 2.24) is 15.5 Å². The number of ether oxygens (including phenoxy) is 3. The third-order valence-corrected chi connectivity index (χ3v) is 9.42. The fourth-order valence-corrected chi connectivity index (χ4v) is 6.76. The lowest BCUT2D eigenvalue weighted by atomic mass is 10.0. The van der Waals surface area contributed by atoms with Crippen LogP contribution in [0.25, 0.3) is 0 Å². The van der Waals surface area contributed by atoms with Gasteiger partial charge in [0.15, 0.2) is 10.6 Å². The number of aryl methyl sites for hydroxylation is 1. The van der Waals surface area contributed by atoms with E-state index in [1.807, 2.05) is 97.9 Å². The van der Waals surface area contributed by atoms with E-state index in [-0.39, 0.29) is 24.8 Å². The fourth-order valence-electron chi connectivity index (χ4n) is 4.90. The molecule has 0 unspecified atom stereocenters. The Morgan fingerprint density at radius 1 is 0.891 bits per heavy atom. The summed E-state index contributed by atoms with van der Waals surface area (Å²) in [6.45, 7) is 2.30. The van der Waals surface area contributed by atoms with Gasteiger partial charge >= 0.3 is 6.03 Å². The molecule has 1 aliphatic rings. The number of aliphatic hydroxyl groups excluding tert-OH is 1. The topological polar surface area (TPSA) is 115 Å². The van der Waals surface area contributed by atoms with Gasteiger partial charge in [0.2, 0.25) is 0 Å². The van der Waals surface area contributed by atoms with Crippen molar-refractivity contribution in [2.24, 2.45) is 0 Å². The van der Waals surface area contributed by atoms with Crippen LogP contribution in [0.2, 0.25) is 0 Å². The number of thioether (sulfide) groups is 1. The average Bonchev–Trinajstić information content (AvgIpc) is 3.52. The highest BCUT2D eigenvalue weighted by Gasteiger charge is 2.32. The van der Waals surface area contributed by atoms with E-state index in [4.69, 9.17) is 14.2 Å². The van der Waals surface area contributed by atoms with Crippen LogP contribution in [0.3, 0.4) is 0 Å². The fraction of sp³-hybridized carbons (Fsp3) is 0.229. The van der Waals surface area contributed by atoms with Crippen LogP contribution >= 0.6 is 23.1 Å². The van der Waals surface area contributed by atoms with Crippen LogP contribution in [0, 0.1) is 6.92 Å². The van der Waals surface area contributed by atoms with Crippen molar-refractivity contribution >= 4 is 34.8 Å². The molecule has 236 valence electrons. The minimum absolute atomic E-state index is 0.00134. The molecule has 0 radical (unpaired) electrons. The highest BCUT2D eigenvalue weighted by atomic mass is 32.2. The number of urea groups is 1. The normalized spacial score (nSPS) is 17.7. The lowest BCUT2D eigenvalue weighted by Gasteiger charge is -2.36. The van der Waals surface area contributed by atoms with E-state index < -0.39 is 6.29 Å². The van der Waals surface area contributed by atoms with Gasteiger partial charge in [-0.3, -0.25) is 0 Å². The van der Waals surface area contributed by atoms with Crippen LogP contribution in [-0.2, 0) is 22.6 Å². The maximum absolute atomic E-state index is 12.6. The van der Waals surface area contributed by atoms with Gasteiger partial charge in [-0.05, 0) is 60.0 Å². The van der Waals surface area contributed by atoms with Crippen molar-refractivity contribution in [2.45, 2.75) is 49.3 Å². The minimum atomic E-state index is -0.558. The molecule has 4 aromatic carbocycles. The number of rotatable bonds is 11. The average molecular weight is 655 g/mol. The van der Waals surface area contributed by atoms with E-state index in [2.05, 4.69) is 20.8 Å². The second kappa shape index (κ2) is 15.4. The Bertz CT molecular complexity index is 1700. The van der Waals surface area contributed by atoms with Crippen LogP contribution in [0.15, 0.2) is 107 Å². The van der Waals surface area contributed by atoms with Gasteiger partial charge in [-0.15, -0.1) is 10.2 Å². The largest absolute Gasteiger partial charge is 0.457 e. The molecular formula is C35H34N4O5S2. The predicted molar refractivity (Wildman–Crippen MR) is 179 cm³/mol. The molecule has 1 aromatic heterocycles. The Morgan fingerprint density at radius 2 is 1.59 bits per heavy atom. The number of aliphatic hydroxyl groups is 1. The van der Waals surface area contributed by atoms with Gasteiger partial charge < -0.3 is 30.0 Å². The Labute approximate surface area is 276 Å². The molecule has 11 heteroatoms. The molecule has 0 saturated carbocycles. The van der Waals surface area contributed by atoms with Crippen LogP contribution in [0.1, 0.15) is 46.1 Å². The number of hydrogen-bond donors (Lipinski definition) is 3. The number of amides is 2. The molecule has 3 atom stereocenters. The van der Waals surface area contributed by atoms with Gasteiger partial charge in [-0.2, -0.15) is 0 Å². The third-order valence-electron chi connectivity index (χ3n) is 7.31. The molecule has 2 heterocycles. The molecule has 1 fully saturated rings. The van der Waals surface area contributed by atoms with Crippen molar-refractivity contribution in [3.05, 3.63) is 130 Å². The Kier molecular flexibility index (Phi) is 10.6. The van der Waals surface area contributed by atoms with E-state index in [0.717, 1.165) is 43.1 Å². The van der Waals surface area contributed by atoms with Crippen LogP contribution in [0.4, 0.5) is 10.5 Å². The highest BCUT2D eigenvalue weighted by molar-refractivity contribution is 8.01. The molecule has 9 nitrogen and oxygen atoms in total. The summed E-state index contributed by atoms with van der Waals surface area (Å²) in [7, 11) is 0. The lowest BCUT2D eigenvalue weighted by Crippen LogP contribution is -2.31. The number of benzene rings is 4. The summed E-state index contributed by atoms with van der Waals surface area (Å²) in [5, 5.41) is 24.5. The first-order valence-electron chi connectivity index (χ1n) is 14.9. The van der Waals surface area contributed by atoms with Crippen molar-refractivity contribution in [3.63, 3.8) is 0 Å². The number of aromatic nitrogens is 2. The number of nitrogens with zero attached hydrogens (tertiary/aromatic N) is 2. The van der Waals surface area contributed by atoms with Gasteiger partial charge in [0.25, 0.3) is 0 Å². The molecule has 0 bridgehead atoms. The summed E-state index contributed by atoms with van der Waals surface area (Å²) < 4.78 is 19.6. The number of carbonyl (C=O) groups excluding carboxylic acids is 1. The number of anilines is 1. The zero-order valence-electron chi connectivity index (χ0n) is 25.2. The number of para-hydroxylation sites is 1. The van der Waals surface area contributed by atoms with E-state index in [9.17, 15) is 9.90 Å². The maximum atomic E-state index is 12.6. The van der Waals surface area contributed by atoms with Gasteiger partial charge in [-0.25, -0.2) is 4.79 Å². The SMILES string of the molecule is Cc1nnc(SC[C@@H]2C[C@H](c3ccc(CO)cc3)O[C@H](c3ccc(CNC(=O)Nc4ccc(Oc5ccccc5)cc4)cc3)O2)s1. The quantitative estimate of drug-likeness (QED) is 0.124. The van der Waals surface area contributed by atoms with Gasteiger partial charge in [0.05, 0.1) is 18.8 Å². The third kappa shape index (κ3) is 8.71. The predicted octanol–water partition coefficient (Wildman–Crippen LogP) is 7.79.